The van der Waals surface area contributed by atoms with E-state index in [-0.39, 0.29) is 6.42 Å². The second-order valence-corrected chi connectivity index (χ2v) is 3.72. The minimum absolute atomic E-state index is 0.169. The van der Waals surface area contributed by atoms with Crippen LogP contribution in [0.2, 0.25) is 0 Å². The highest BCUT2D eigenvalue weighted by Gasteiger charge is 2.25. The molecule has 0 amide bonds. The van der Waals surface area contributed by atoms with Crippen molar-refractivity contribution in [2.75, 3.05) is 0 Å². The van der Waals surface area contributed by atoms with Crippen LogP contribution in [0.4, 0.5) is 0 Å². The lowest BCUT2D eigenvalue weighted by Gasteiger charge is -2.18. The summed E-state index contributed by atoms with van der Waals surface area (Å²) < 4.78 is 0. The van der Waals surface area contributed by atoms with Gasteiger partial charge in [-0.15, -0.1) is 0 Å². The molecule has 0 bridgehead atoms. The van der Waals surface area contributed by atoms with Gasteiger partial charge in [-0.05, 0) is 12.3 Å². The molecule has 5 nitrogen and oxygen atoms in total. The monoisotopic (exact) mass is 217 g/mol. The Labute approximate surface area is 89.3 Å². The molecule has 0 aromatic rings. The third-order valence-electron chi connectivity index (χ3n) is 2.41. The smallest absolute Gasteiger partial charge is 0.320 e. The second kappa shape index (κ2) is 7.23. The lowest BCUT2D eigenvalue weighted by atomic mass is 9.91. The van der Waals surface area contributed by atoms with Crippen molar-refractivity contribution in [2.24, 2.45) is 11.7 Å². The fourth-order valence-corrected chi connectivity index (χ4v) is 1.49. The van der Waals surface area contributed by atoms with Crippen molar-refractivity contribution >= 4 is 11.9 Å². The van der Waals surface area contributed by atoms with Crippen LogP contribution in [0.5, 0.6) is 0 Å². The Kier molecular flexibility index (Phi) is 6.70. The molecule has 88 valence electrons. The van der Waals surface area contributed by atoms with Gasteiger partial charge in [-0.1, -0.05) is 26.2 Å². The number of hydrogen-bond donors (Lipinski definition) is 3. The third-order valence-corrected chi connectivity index (χ3v) is 2.41. The van der Waals surface area contributed by atoms with Gasteiger partial charge in [0.05, 0.1) is 6.42 Å². The Morgan fingerprint density at radius 1 is 1.27 bits per heavy atom. The van der Waals surface area contributed by atoms with Gasteiger partial charge in [0.1, 0.15) is 6.04 Å². The summed E-state index contributed by atoms with van der Waals surface area (Å²) in [6.07, 6.45) is 3.21. The van der Waals surface area contributed by atoms with Gasteiger partial charge in [-0.2, -0.15) is 0 Å². The molecule has 0 aliphatic rings. The van der Waals surface area contributed by atoms with Gasteiger partial charge in [0.25, 0.3) is 0 Å². The zero-order valence-electron chi connectivity index (χ0n) is 8.98. The molecule has 0 saturated heterocycles. The maximum atomic E-state index is 10.6. The lowest BCUT2D eigenvalue weighted by molar-refractivity contribution is -0.142. The molecule has 0 aliphatic carbocycles. The number of carboxylic acid groups (broad SMARTS) is 2. The average molecular weight is 217 g/mol. The fourth-order valence-electron chi connectivity index (χ4n) is 1.49. The molecule has 0 rings (SSSR count). The SMILES string of the molecule is CCCCC[C@@H](CC(=O)O)[C@@H](N)C(=O)O. The number of unbranched alkanes of at least 4 members (excludes halogenated alkanes) is 2. The van der Waals surface area contributed by atoms with E-state index < -0.39 is 23.9 Å². The molecule has 0 aromatic heterocycles. The molecule has 0 radical (unpaired) electrons. The number of carbonyl (C=O) groups is 2. The highest BCUT2D eigenvalue weighted by atomic mass is 16.4. The number of carboxylic acids is 2. The first-order valence-corrected chi connectivity index (χ1v) is 5.19. The Bertz CT molecular complexity index is 217. The predicted molar refractivity (Wildman–Crippen MR) is 55.5 cm³/mol. The Morgan fingerprint density at radius 2 is 1.87 bits per heavy atom. The van der Waals surface area contributed by atoms with Gasteiger partial charge in [0.15, 0.2) is 0 Å². The first-order valence-electron chi connectivity index (χ1n) is 5.19. The van der Waals surface area contributed by atoms with Crippen molar-refractivity contribution in [1.29, 1.82) is 0 Å². The molecule has 4 N–H and O–H groups in total. The Balaban J connectivity index is 4.17. The van der Waals surface area contributed by atoms with E-state index in [1.54, 1.807) is 0 Å². The van der Waals surface area contributed by atoms with E-state index in [1.165, 1.54) is 0 Å². The summed E-state index contributed by atoms with van der Waals surface area (Å²) in [6, 6.07) is -1.07. The molecule has 0 saturated carbocycles. The molecular formula is C10H19NO4. The summed E-state index contributed by atoms with van der Waals surface area (Å²) in [5.74, 6) is -2.59. The summed E-state index contributed by atoms with van der Waals surface area (Å²) in [6.45, 7) is 2.03. The Morgan fingerprint density at radius 3 is 2.27 bits per heavy atom. The van der Waals surface area contributed by atoms with Gasteiger partial charge >= 0.3 is 11.9 Å². The van der Waals surface area contributed by atoms with Crippen LogP contribution >= 0.6 is 0 Å². The van der Waals surface area contributed by atoms with Crippen LogP contribution in [0.15, 0.2) is 0 Å². The minimum atomic E-state index is -1.13. The van der Waals surface area contributed by atoms with Gasteiger partial charge in [-0.3, -0.25) is 9.59 Å². The summed E-state index contributed by atoms with van der Waals surface area (Å²) >= 11 is 0. The summed E-state index contributed by atoms with van der Waals surface area (Å²) in [5, 5.41) is 17.3. The molecular weight excluding hydrogens is 198 g/mol. The molecule has 0 fully saturated rings. The number of rotatable bonds is 8. The summed E-state index contributed by atoms with van der Waals surface area (Å²) in [7, 11) is 0. The van der Waals surface area contributed by atoms with Crippen molar-refractivity contribution in [1.82, 2.24) is 0 Å². The van der Waals surface area contributed by atoms with Crippen LogP contribution in [-0.2, 0) is 9.59 Å². The topological polar surface area (TPSA) is 101 Å². The first kappa shape index (κ1) is 13.9. The number of hydrogen-bond acceptors (Lipinski definition) is 3. The van der Waals surface area contributed by atoms with E-state index >= 15 is 0 Å². The number of nitrogens with two attached hydrogens (primary N) is 1. The van der Waals surface area contributed by atoms with Crippen molar-refractivity contribution in [3.8, 4) is 0 Å². The summed E-state index contributed by atoms with van der Waals surface area (Å²) in [5.41, 5.74) is 5.43. The van der Waals surface area contributed by atoms with Crippen molar-refractivity contribution in [2.45, 2.75) is 45.1 Å². The van der Waals surface area contributed by atoms with Crippen LogP contribution in [-0.4, -0.2) is 28.2 Å². The van der Waals surface area contributed by atoms with Crippen LogP contribution in [0, 0.1) is 5.92 Å². The second-order valence-electron chi connectivity index (χ2n) is 3.72. The zero-order chi connectivity index (χ0) is 11.8. The minimum Gasteiger partial charge on any atom is -0.481 e. The maximum Gasteiger partial charge on any atom is 0.320 e. The molecule has 2 atom stereocenters. The van der Waals surface area contributed by atoms with Crippen LogP contribution in [0.25, 0.3) is 0 Å². The molecule has 0 spiro atoms. The molecule has 0 aromatic carbocycles. The van der Waals surface area contributed by atoms with Crippen molar-refractivity contribution in [3.63, 3.8) is 0 Å². The van der Waals surface area contributed by atoms with Crippen LogP contribution in [0.3, 0.4) is 0 Å². The van der Waals surface area contributed by atoms with Gasteiger partial charge in [-0.25, -0.2) is 0 Å². The average Bonchev–Trinajstić information content (AvgIpc) is 2.14. The van der Waals surface area contributed by atoms with Crippen LogP contribution < -0.4 is 5.73 Å². The lowest BCUT2D eigenvalue weighted by Crippen LogP contribution is -2.39. The van der Waals surface area contributed by atoms with E-state index in [2.05, 4.69) is 0 Å². The van der Waals surface area contributed by atoms with Gasteiger partial charge in [0, 0.05) is 0 Å². The van der Waals surface area contributed by atoms with Crippen LogP contribution in [0.1, 0.15) is 39.0 Å². The van der Waals surface area contributed by atoms with Crippen molar-refractivity contribution < 1.29 is 19.8 Å². The molecule has 5 heteroatoms. The summed E-state index contributed by atoms with van der Waals surface area (Å²) in [4.78, 5) is 21.2. The van der Waals surface area contributed by atoms with Gasteiger partial charge in [0.2, 0.25) is 0 Å². The first-order chi connectivity index (χ1) is 6.99. The number of aliphatic carboxylic acids is 2. The van der Waals surface area contributed by atoms with E-state index in [1.807, 2.05) is 6.92 Å². The third kappa shape index (κ3) is 6.06. The van der Waals surface area contributed by atoms with E-state index in [4.69, 9.17) is 15.9 Å². The normalized spacial score (nSPS) is 14.5. The van der Waals surface area contributed by atoms with Gasteiger partial charge < -0.3 is 15.9 Å². The molecule has 0 aliphatic heterocycles. The molecule has 0 unspecified atom stereocenters. The van der Waals surface area contributed by atoms with E-state index in [0.717, 1.165) is 19.3 Å². The largest absolute Gasteiger partial charge is 0.481 e. The fraction of sp³-hybridized carbons (Fsp3) is 0.800. The standard InChI is InChI=1S/C10H19NO4/c1-2-3-4-5-7(6-8(12)13)9(11)10(14)15/h7,9H,2-6,11H2,1H3,(H,12,13)(H,14,15)/t7-,9+/m0/s1. The van der Waals surface area contributed by atoms with E-state index in [0.29, 0.717) is 6.42 Å². The highest BCUT2D eigenvalue weighted by Crippen LogP contribution is 2.17. The van der Waals surface area contributed by atoms with Crippen molar-refractivity contribution in [3.05, 3.63) is 0 Å². The Hall–Kier alpha value is -1.10. The van der Waals surface area contributed by atoms with E-state index in [9.17, 15) is 9.59 Å². The zero-order valence-corrected chi connectivity index (χ0v) is 8.98. The maximum absolute atomic E-state index is 10.6. The highest BCUT2D eigenvalue weighted by molar-refractivity contribution is 5.75. The molecule has 15 heavy (non-hydrogen) atoms. The molecule has 0 heterocycles. The predicted octanol–water partition coefficient (Wildman–Crippen LogP) is 1.07. The quantitative estimate of drug-likeness (QED) is 0.528.